The molecular weight excluding hydrogens is 466 g/mol. The quantitative estimate of drug-likeness (QED) is 0.264. The zero-order valence-corrected chi connectivity index (χ0v) is 22.7. The predicted octanol–water partition coefficient (Wildman–Crippen LogP) is 7.21. The molecule has 0 saturated heterocycles. The largest absolute Gasteiger partial charge is 0.352 e. The van der Waals surface area contributed by atoms with Gasteiger partial charge in [-0.2, -0.15) is 0 Å². The fourth-order valence-corrected chi connectivity index (χ4v) is 5.73. The lowest BCUT2D eigenvalue weighted by Crippen LogP contribution is -2.29. The van der Waals surface area contributed by atoms with Crippen molar-refractivity contribution >= 4 is 17.2 Å². The van der Waals surface area contributed by atoms with Crippen molar-refractivity contribution in [2.45, 2.75) is 85.1 Å². The molecule has 0 bridgehead atoms. The van der Waals surface area contributed by atoms with Gasteiger partial charge in [0.15, 0.2) is 0 Å². The van der Waals surface area contributed by atoms with E-state index in [-0.39, 0.29) is 5.91 Å². The molecule has 0 radical (unpaired) electrons. The second-order valence-corrected chi connectivity index (χ2v) is 10.7. The molecule has 0 aliphatic heterocycles. The van der Waals surface area contributed by atoms with Crippen molar-refractivity contribution < 1.29 is 4.79 Å². The van der Waals surface area contributed by atoms with Crippen LogP contribution >= 0.6 is 11.3 Å². The van der Waals surface area contributed by atoms with Gasteiger partial charge in [-0.1, -0.05) is 44.8 Å². The zero-order valence-electron chi connectivity index (χ0n) is 21.9. The minimum Gasteiger partial charge on any atom is -0.352 e. The third-order valence-electron chi connectivity index (χ3n) is 7.30. The highest BCUT2D eigenvalue weighted by atomic mass is 32.1. The van der Waals surface area contributed by atoms with Gasteiger partial charge in [0.25, 0.3) is 5.91 Å². The molecule has 4 rings (SSSR count). The maximum Gasteiger partial charge on any atom is 0.253 e. The van der Waals surface area contributed by atoms with Crippen molar-refractivity contribution in [3.05, 3.63) is 52.9 Å². The summed E-state index contributed by atoms with van der Waals surface area (Å²) in [7, 11) is 0. The van der Waals surface area contributed by atoms with Gasteiger partial charge in [0.05, 0.1) is 23.1 Å². The average Bonchev–Trinajstić information content (AvgIpc) is 3.53. The summed E-state index contributed by atoms with van der Waals surface area (Å²) in [6.07, 6.45) is 18.1. The number of carbonyl (C=O) groups excluding carboxylic acids is 1. The van der Waals surface area contributed by atoms with E-state index in [0.29, 0.717) is 5.92 Å². The standard InChI is InChI=1S/C29H39N5OS/c1-4-6-10-22(5-2)18-32-28(35)24-17-27(26-20-36-29(33-26)25-19-30-14-15-31-25)34(21(24)3)16-13-23-11-8-7-9-12-23/h11,14-15,17,19-20,22H,4-10,12-13,16,18H2,1-3H3,(H,32,35). The summed E-state index contributed by atoms with van der Waals surface area (Å²) in [6, 6.07) is 2.03. The van der Waals surface area contributed by atoms with E-state index in [1.54, 1.807) is 29.9 Å². The first kappa shape index (κ1) is 26.3. The van der Waals surface area contributed by atoms with E-state index in [0.717, 1.165) is 65.7 Å². The molecule has 6 nitrogen and oxygen atoms in total. The van der Waals surface area contributed by atoms with E-state index in [1.807, 2.05) is 6.07 Å². The Hall–Kier alpha value is -2.80. The van der Waals surface area contributed by atoms with Crippen LogP contribution in [-0.4, -0.2) is 32.0 Å². The molecule has 1 amide bonds. The van der Waals surface area contributed by atoms with E-state index in [1.165, 1.54) is 44.1 Å². The summed E-state index contributed by atoms with van der Waals surface area (Å²) in [4.78, 5) is 26.8. The summed E-state index contributed by atoms with van der Waals surface area (Å²) in [5.74, 6) is 0.547. The topological polar surface area (TPSA) is 72.7 Å². The van der Waals surface area contributed by atoms with Crippen LogP contribution in [-0.2, 0) is 6.54 Å². The summed E-state index contributed by atoms with van der Waals surface area (Å²) in [6.45, 7) is 8.08. The molecule has 3 aromatic heterocycles. The molecule has 1 N–H and O–H groups in total. The molecule has 1 aliphatic carbocycles. The van der Waals surface area contributed by atoms with Crippen LogP contribution in [0, 0.1) is 12.8 Å². The van der Waals surface area contributed by atoms with Gasteiger partial charge in [0.1, 0.15) is 10.7 Å². The number of allylic oxidation sites excluding steroid dienone is 2. The number of hydrogen-bond donors (Lipinski definition) is 1. The Morgan fingerprint density at radius 2 is 2.11 bits per heavy atom. The van der Waals surface area contributed by atoms with Gasteiger partial charge < -0.3 is 9.88 Å². The first-order valence-corrected chi connectivity index (χ1v) is 14.4. The van der Waals surface area contributed by atoms with Gasteiger partial charge >= 0.3 is 0 Å². The van der Waals surface area contributed by atoms with Crippen LogP contribution in [0.3, 0.4) is 0 Å². The maximum absolute atomic E-state index is 13.3. The molecule has 36 heavy (non-hydrogen) atoms. The van der Waals surface area contributed by atoms with Gasteiger partial charge in [-0.3, -0.25) is 14.8 Å². The van der Waals surface area contributed by atoms with Gasteiger partial charge in [0, 0.05) is 36.6 Å². The second-order valence-electron chi connectivity index (χ2n) is 9.79. The van der Waals surface area contributed by atoms with Crippen LogP contribution in [0.4, 0.5) is 0 Å². The van der Waals surface area contributed by atoms with Crippen LogP contribution in [0.5, 0.6) is 0 Å². The Kier molecular flexibility index (Phi) is 9.45. The number of nitrogens with zero attached hydrogens (tertiary/aromatic N) is 4. The molecule has 1 atom stereocenters. The van der Waals surface area contributed by atoms with Crippen LogP contribution in [0.2, 0.25) is 0 Å². The average molecular weight is 506 g/mol. The molecule has 0 fully saturated rings. The minimum atomic E-state index is 0.0173. The second kappa shape index (κ2) is 12.9. The van der Waals surface area contributed by atoms with E-state index in [4.69, 9.17) is 4.98 Å². The lowest BCUT2D eigenvalue weighted by Gasteiger charge is -2.16. The van der Waals surface area contributed by atoms with Crippen molar-refractivity contribution in [1.29, 1.82) is 0 Å². The summed E-state index contributed by atoms with van der Waals surface area (Å²) >= 11 is 1.56. The first-order valence-electron chi connectivity index (χ1n) is 13.5. The van der Waals surface area contributed by atoms with Gasteiger partial charge in [-0.15, -0.1) is 11.3 Å². The number of amides is 1. The molecule has 0 saturated carbocycles. The third-order valence-corrected chi connectivity index (χ3v) is 8.16. The van der Waals surface area contributed by atoms with E-state index in [9.17, 15) is 4.79 Å². The van der Waals surface area contributed by atoms with Crippen molar-refractivity contribution in [3.63, 3.8) is 0 Å². The summed E-state index contributed by atoms with van der Waals surface area (Å²) < 4.78 is 2.29. The molecular formula is C29H39N5OS. The number of thiazole rings is 1. The van der Waals surface area contributed by atoms with Crippen molar-refractivity contribution in [1.82, 2.24) is 24.8 Å². The van der Waals surface area contributed by atoms with E-state index < -0.39 is 0 Å². The van der Waals surface area contributed by atoms with Crippen LogP contribution < -0.4 is 5.32 Å². The summed E-state index contributed by atoms with van der Waals surface area (Å²) in [5, 5.41) is 6.13. The number of aromatic nitrogens is 4. The molecule has 7 heteroatoms. The van der Waals surface area contributed by atoms with Crippen LogP contribution in [0.15, 0.2) is 41.7 Å². The number of rotatable bonds is 12. The predicted molar refractivity (Wildman–Crippen MR) is 148 cm³/mol. The highest BCUT2D eigenvalue weighted by molar-refractivity contribution is 7.13. The van der Waals surface area contributed by atoms with Crippen LogP contribution in [0.1, 0.15) is 87.7 Å². The third kappa shape index (κ3) is 6.49. The lowest BCUT2D eigenvalue weighted by molar-refractivity contribution is 0.0945. The highest BCUT2D eigenvalue weighted by Gasteiger charge is 2.21. The molecule has 1 aliphatic rings. The molecule has 1 unspecified atom stereocenters. The van der Waals surface area contributed by atoms with Gasteiger partial charge in [0.2, 0.25) is 0 Å². The SMILES string of the molecule is CCCCC(CC)CNC(=O)c1cc(-c2csc(-c3cnccn3)n2)n(CCC2=CCCCC2)c1C. The molecule has 0 aromatic carbocycles. The molecule has 3 heterocycles. The lowest BCUT2D eigenvalue weighted by atomic mass is 9.97. The number of unbranched alkanes of at least 4 members (excludes halogenated alkanes) is 1. The number of nitrogens with one attached hydrogen (secondary N) is 1. The Morgan fingerprint density at radius 1 is 1.22 bits per heavy atom. The van der Waals surface area contributed by atoms with Crippen molar-refractivity contribution in [2.24, 2.45) is 5.92 Å². The smallest absolute Gasteiger partial charge is 0.253 e. The summed E-state index contributed by atoms with van der Waals surface area (Å²) in [5.41, 5.74) is 5.95. The zero-order chi connectivity index (χ0) is 25.3. The first-order chi connectivity index (χ1) is 17.6. The Labute approximate surface area is 219 Å². The fourth-order valence-electron chi connectivity index (χ4n) is 4.96. The molecule has 192 valence electrons. The minimum absolute atomic E-state index is 0.0173. The number of hydrogen-bond acceptors (Lipinski definition) is 5. The molecule has 3 aromatic rings. The maximum atomic E-state index is 13.3. The normalized spacial score (nSPS) is 14.5. The highest BCUT2D eigenvalue weighted by Crippen LogP contribution is 2.32. The van der Waals surface area contributed by atoms with Gasteiger partial charge in [-0.05, 0) is 57.4 Å². The monoisotopic (exact) mass is 505 g/mol. The van der Waals surface area contributed by atoms with Gasteiger partial charge in [-0.25, -0.2) is 4.98 Å². The van der Waals surface area contributed by atoms with E-state index >= 15 is 0 Å². The molecule has 0 spiro atoms. The number of carbonyl (C=O) groups is 1. The van der Waals surface area contributed by atoms with Crippen LogP contribution in [0.25, 0.3) is 22.1 Å². The Bertz CT molecular complexity index is 1160. The van der Waals surface area contributed by atoms with E-state index in [2.05, 4.69) is 52.1 Å². The van der Waals surface area contributed by atoms with Crippen molar-refractivity contribution in [2.75, 3.05) is 6.54 Å². The Balaban J connectivity index is 1.59. The Morgan fingerprint density at radius 3 is 2.83 bits per heavy atom. The fraction of sp³-hybridized carbons (Fsp3) is 0.517. The van der Waals surface area contributed by atoms with Crippen molar-refractivity contribution in [3.8, 4) is 22.1 Å².